The van der Waals surface area contributed by atoms with Gasteiger partial charge in [-0.25, -0.2) is 4.79 Å². The lowest BCUT2D eigenvalue weighted by atomic mass is 9.84. The molecule has 0 bridgehead atoms. The normalized spacial score (nSPS) is 22.0. The van der Waals surface area contributed by atoms with E-state index in [1.165, 1.54) is 38.5 Å². The molecule has 0 aromatic carbocycles. The van der Waals surface area contributed by atoms with E-state index in [2.05, 4.69) is 24.5 Å². The standard InChI is InChI=1S/C18H36N2O2/c1-6-9-14(2)12-15(16-10-7-8-11-19-16)13-20-17(21)22-18(3,4)5/h14-16,19H,6-13H2,1-5H3,(H,20,21)/t14-,15+,16+/m1/s1. The van der Waals surface area contributed by atoms with Crippen molar-refractivity contribution in [3.63, 3.8) is 0 Å². The van der Waals surface area contributed by atoms with Crippen LogP contribution in [0.2, 0.25) is 0 Å². The van der Waals surface area contributed by atoms with Gasteiger partial charge in [-0.2, -0.15) is 0 Å². The Morgan fingerprint density at radius 1 is 1.36 bits per heavy atom. The molecule has 0 saturated carbocycles. The van der Waals surface area contributed by atoms with Gasteiger partial charge < -0.3 is 15.4 Å². The topological polar surface area (TPSA) is 50.4 Å². The van der Waals surface area contributed by atoms with Gasteiger partial charge in [-0.05, 0) is 58.4 Å². The lowest BCUT2D eigenvalue weighted by Crippen LogP contribution is -2.46. The van der Waals surface area contributed by atoms with Crippen LogP contribution in [0.3, 0.4) is 0 Å². The number of carbonyl (C=O) groups is 1. The molecule has 0 spiro atoms. The zero-order chi connectivity index (χ0) is 16.6. The summed E-state index contributed by atoms with van der Waals surface area (Å²) in [5, 5.41) is 6.63. The van der Waals surface area contributed by atoms with Crippen LogP contribution in [0.1, 0.15) is 73.1 Å². The second-order valence-electron chi connectivity index (χ2n) is 7.83. The number of hydrogen-bond donors (Lipinski definition) is 2. The zero-order valence-corrected chi connectivity index (χ0v) is 15.2. The predicted molar refractivity (Wildman–Crippen MR) is 92.1 cm³/mol. The van der Waals surface area contributed by atoms with Gasteiger partial charge in [0.15, 0.2) is 0 Å². The van der Waals surface area contributed by atoms with Crippen LogP contribution in [0.15, 0.2) is 0 Å². The second-order valence-corrected chi connectivity index (χ2v) is 7.83. The average Bonchev–Trinajstić information content (AvgIpc) is 2.43. The maximum Gasteiger partial charge on any atom is 0.407 e. The summed E-state index contributed by atoms with van der Waals surface area (Å²) >= 11 is 0. The summed E-state index contributed by atoms with van der Waals surface area (Å²) in [7, 11) is 0. The van der Waals surface area contributed by atoms with Gasteiger partial charge in [0.1, 0.15) is 5.60 Å². The fourth-order valence-electron chi connectivity index (χ4n) is 3.33. The second kappa shape index (κ2) is 9.39. The Balaban J connectivity index is 2.51. The molecule has 130 valence electrons. The number of piperidine rings is 1. The zero-order valence-electron chi connectivity index (χ0n) is 15.2. The molecule has 1 heterocycles. The van der Waals surface area contributed by atoms with Gasteiger partial charge in [0.05, 0.1) is 0 Å². The summed E-state index contributed by atoms with van der Waals surface area (Å²) in [4.78, 5) is 11.9. The van der Waals surface area contributed by atoms with E-state index in [1.54, 1.807) is 0 Å². The molecular weight excluding hydrogens is 276 g/mol. The number of rotatable bonds is 7. The molecule has 1 aliphatic rings. The highest BCUT2D eigenvalue weighted by Crippen LogP contribution is 2.24. The van der Waals surface area contributed by atoms with E-state index in [-0.39, 0.29) is 6.09 Å². The largest absolute Gasteiger partial charge is 0.444 e. The third-order valence-corrected chi connectivity index (χ3v) is 4.31. The summed E-state index contributed by atoms with van der Waals surface area (Å²) in [6, 6.07) is 0.531. The number of nitrogens with one attached hydrogen (secondary N) is 2. The lowest BCUT2D eigenvalue weighted by molar-refractivity contribution is 0.0510. The van der Waals surface area contributed by atoms with Crippen LogP contribution < -0.4 is 10.6 Å². The Morgan fingerprint density at radius 2 is 2.09 bits per heavy atom. The summed E-state index contributed by atoms with van der Waals surface area (Å²) in [5.74, 6) is 1.20. The van der Waals surface area contributed by atoms with Crippen molar-refractivity contribution in [1.29, 1.82) is 0 Å². The molecule has 1 aliphatic heterocycles. The van der Waals surface area contributed by atoms with E-state index in [0.29, 0.717) is 24.4 Å². The van der Waals surface area contributed by atoms with Gasteiger partial charge in [-0.15, -0.1) is 0 Å². The summed E-state index contributed by atoms with van der Waals surface area (Å²) in [5.41, 5.74) is -0.432. The van der Waals surface area contributed by atoms with Crippen molar-refractivity contribution in [2.45, 2.75) is 84.8 Å². The molecule has 0 aromatic rings. The number of hydrogen-bond acceptors (Lipinski definition) is 3. The Bertz CT molecular complexity index is 320. The molecule has 4 heteroatoms. The van der Waals surface area contributed by atoms with E-state index in [4.69, 9.17) is 4.74 Å². The summed E-state index contributed by atoms with van der Waals surface area (Å²) in [6.45, 7) is 12.1. The SMILES string of the molecule is CCC[C@@H](C)C[C@@H](CNC(=O)OC(C)(C)C)[C@@H]1CCCCN1. The van der Waals surface area contributed by atoms with Crippen molar-refractivity contribution in [2.75, 3.05) is 13.1 Å². The van der Waals surface area contributed by atoms with Crippen molar-refractivity contribution >= 4 is 6.09 Å². The molecule has 1 rings (SSSR count). The number of alkyl carbamates (subject to hydrolysis) is 1. The minimum atomic E-state index is -0.432. The van der Waals surface area contributed by atoms with E-state index in [1.807, 2.05) is 20.8 Å². The molecule has 1 fully saturated rings. The first-order valence-corrected chi connectivity index (χ1v) is 9.02. The third-order valence-electron chi connectivity index (χ3n) is 4.31. The first-order valence-electron chi connectivity index (χ1n) is 9.02. The fraction of sp³-hybridized carbons (Fsp3) is 0.944. The van der Waals surface area contributed by atoms with Crippen LogP contribution in [0.5, 0.6) is 0 Å². The molecule has 4 nitrogen and oxygen atoms in total. The van der Waals surface area contributed by atoms with Crippen LogP contribution in [0.25, 0.3) is 0 Å². The van der Waals surface area contributed by atoms with E-state index < -0.39 is 5.60 Å². The highest BCUT2D eigenvalue weighted by molar-refractivity contribution is 5.67. The molecular formula is C18H36N2O2. The molecule has 22 heavy (non-hydrogen) atoms. The van der Waals surface area contributed by atoms with Crippen molar-refractivity contribution in [3.8, 4) is 0 Å². The molecule has 1 saturated heterocycles. The van der Waals surface area contributed by atoms with E-state index >= 15 is 0 Å². The van der Waals surface area contributed by atoms with Crippen molar-refractivity contribution in [1.82, 2.24) is 10.6 Å². The Kier molecular flexibility index (Phi) is 8.23. The maximum atomic E-state index is 11.9. The molecule has 0 radical (unpaired) electrons. The van der Waals surface area contributed by atoms with Gasteiger partial charge in [0.2, 0.25) is 0 Å². The molecule has 2 N–H and O–H groups in total. The number of amides is 1. The van der Waals surface area contributed by atoms with Gasteiger partial charge in [-0.1, -0.05) is 33.1 Å². The van der Waals surface area contributed by atoms with E-state index in [9.17, 15) is 4.79 Å². The first kappa shape index (κ1) is 19.3. The third kappa shape index (κ3) is 8.02. The highest BCUT2D eigenvalue weighted by atomic mass is 16.6. The van der Waals surface area contributed by atoms with Crippen LogP contribution >= 0.6 is 0 Å². The lowest BCUT2D eigenvalue weighted by Gasteiger charge is -2.33. The molecule has 3 atom stereocenters. The van der Waals surface area contributed by atoms with Gasteiger partial charge in [-0.3, -0.25) is 0 Å². The maximum absolute atomic E-state index is 11.9. The molecule has 0 unspecified atom stereocenters. The Hall–Kier alpha value is -0.770. The Labute approximate surface area is 136 Å². The molecule has 0 aliphatic carbocycles. The van der Waals surface area contributed by atoms with Crippen LogP contribution in [-0.2, 0) is 4.74 Å². The number of carbonyl (C=O) groups excluding carboxylic acids is 1. The van der Waals surface area contributed by atoms with Crippen molar-refractivity contribution < 1.29 is 9.53 Å². The highest BCUT2D eigenvalue weighted by Gasteiger charge is 2.26. The number of ether oxygens (including phenoxy) is 1. The minimum absolute atomic E-state index is 0.295. The van der Waals surface area contributed by atoms with Gasteiger partial charge in [0, 0.05) is 12.6 Å². The molecule has 0 aromatic heterocycles. The predicted octanol–water partition coefficient (Wildman–Crippen LogP) is 4.10. The van der Waals surface area contributed by atoms with Crippen LogP contribution in [0, 0.1) is 11.8 Å². The fourth-order valence-corrected chi connectivity index (χ4v) is 3.33. The quantitative estimate of drug-likeness (QED) is 0.744. The van der Waals surface area contributed by atoms with Gasteiger partial charge >= 0.3 is 6.09 Å². The van der Waals surface area contributed by atoms with Crippen molar-refractivity contribution in [2.24, 2.45) is 11.8 Å². The van der Waals surface area contributed by atoms with E-state index in [0.717, 1.165) is 6.54 Å². The van der Waals surface area contributed by atoms with Crippen LogP contribution in [0.4, 0.5) is 4.79 Å². The average molecular weight is 312 g/mol. The first-order chi connectivity index (χ1) is 10.3. The van der Waals surface area contributed by atoms with Crippen molar-refractivity contribution in [3.05, 3.63) is 0 Å². The van der Waals surface area contributed by atoms with Gasteiger partial charge in [0.25, 0.3) is 0 Å². The molecule has 1 amide bonds. The monoisotopic (exact) mass is 312 g/mol. The summed E-state index contributed by atoms with van der Waals surface area (Å²) < 4.78 is 5.36. The smallest absolute Gasteiger partial charge is 0.407 e. The van der Waals surface area contributed by atoms with Crippen LogP contribution in [-0.4, -0.2) is 30.8 Å². The summed E-state index contributed by atoms with van der Waals surface area (Å²) in [6.07, 6.45) is 7.15. The minimum Gasteiger partial charge on any atom is -0.444 e. The Morgan fingerprint density at radius 3 is 2.64 bits per heavy atom.